The Morgan fingerprint density at radius 2 is 2.16 bits per heavy atom. The van der Waals surface area contributed by atoms with E-state index in [1.54, 1.807) is 10.7 Å². The molecular formula is C17H25N5O3. The third-order valence-electron chi connectivity index (χ3n) is 4.06. The van der Waals surface area contributed by atoms with Gasteiger partial charge in [0.1, 0.15) is 23.6 Å². The summed E-state index contributed by atoms with van der Waals surface area (Å²) in [5, 5.41) is 12.2. The van der Waals surface area contributed by atoms with E-state index in [0.717, 1.165) is 37.2 Å². The van der Waals surface area contributed by atoms with E-state index >= 15 is 0 Å². The van der Waals surface area contributed by atoms with E-state index in [1.807, 2.05) is 27.0 Å². The molecule has 8 heteroatoms. The highest BCUT2D eigenvalue weighted by molar-refractivity contribution is 5.76. The van der Waals surface area contributed by atoms with Gasteiger partial charge in [-0.1, -0.05) is 16.8 Å². The maximum atomic E-state index is 12.5. The molecule has 1 atom stereocenters. The summed E-state index contributed by atoms with van der Waals surface area (Å²) in [6.45, 7) is 7.65. The van der Waals surface area contributed by atoms with Gasteiger partial charge in [0, 0.05) is 12.6 Å². The second kappa shape index (κ2) is 7.35. The summed E-state index contributed by atoms with van der Waals surface area (Å²) in [6.07, 6.45) is 6.36. The molecule has 1 aliphatic heterocycles. The van der Waals surface area contributed by atoms with Gasteiger partial charge >= 0.3 is 5.97 Å². The Bertz CT molecular complexity index is 689. The van der Waals surface area contributed by atoms with E-state index in [-0.39, 0.29) is 12.0 Å². The molecule has 2 aromatic rings. The van der Waals surface area contributed by atoms with Crippen LogP contribution in [0.4, 0.5) is 0 Å². The monoisotopic (exact) mass is 347 g/mol. The third kappa shape index (κ3) is 4.88. The predicted octanol–water partition coefficient (Wildman–Crippen LogP) is 2.01. The van der Waals surface area contributed by atoms with Gasteiger partial charge in [-0.2, -0.15) is 0 Å². The van der Waals surface area contributed by atoms with Gasteiger partial charge in [0.2, 0.25) is 0 Å². The molecule has 1 fully saturated rings. The maximum absolute atomic E-state index is 12.5. The molecule has 1 aliphatic rings. The molecule has 0 amide bonds. The van der Waals surface area contributed by atoms with Crippen LogP contribution in [0.2, 0.25) is 0 Å². The van der Waals surface area contributed by atoms with Gasteiger partial charge < -0.3 is 9.26 Å². The van der Waals surface area contributed by atoms with E-state index in [4.69, 9.17) is 9.26 Å². The molecule has 0 aromatic carbocycles. The fraction of sp³-hybridized carbons (Fsp3) is 0.647. The van der Waals surface area contributed by atoms with Crippen molar-refractivity contribution in [3.05, 3.63) is 29.9 Å². The molecule has 0 N–H and O–H groups in total. The molecule has 8 nitrogen and oxygen atoms in total. The predicted molar refractivity (Wildman–Crippen MR) is 89.5 cm³/mol. The molecule has 1 saturated heterocycles. The molecule has 2 aromatic heterocycles. The van der Waals surface area contributed by atoms with Crippen molar-refractivity contribution in [3.8, 4) is 0 Å². The van der Waals surface area contributed by atoms with Crippen LogP contribution >= 0.6 is 0 Å². The van der Waals surface area contributed by atoms with E-state index in [2.05, 4.69) is 20.4 Å². The van der Waals surface area contributed by atoms with Gasteiger partial charge in [0.15, 0.2) is 0 Å². The van der Waals surface area contributed by atoms with Gasteiger partial charge in [-0.3, -0.25) is 9.69 Å². The number of hydrogen-bond donors (Lipinski definition) is 0. The van der Waals surface area contributed by atoms with Gasteiger partial charge in [-0.15, -0.1) is 5.10 Å². The fourth-order valence-electron chi connectivity index (χ4n) is 3.00. The molecule has 3 heterocycles. The van der Waals surface area contributed by atoms with Crippen molar-refractivity contribution in [2.24, 2.45) is 0 Å². The summed E-state index contributed by atoms with van der Waals surface area (Å²) in [6, 6.07) is 1.58. The number of ether oxygens (including phenoxy) is 1. The SMILES string of the molecule is CC(C)(C)OC(=O)[C@H]1CCCCN1Cc1cn(Cc2ccon2)nn1. The number of likely N-dealkylation sites (tertiary alicyclic amines) is 1. The van der Waals surface area contributed by atoms with E-state index in [9.17, 15) is 4.79 Å². The largest absolute Gasteiger partial charge is 0.459 e. The minimum absolute atomic E-state index is 0.151. The first kappa shape index (κ1) is 17.6. The summed E-state index contributed by atoms with van der Waals surface area (Å²) in [4.78, 5) is 14.6. The maximum Gasteiger partial charge on any atom is 0.323 e. The highest BCUT2D eigenvalue weighted by atomic mass is 16.6. The van der Waals surface area contributed by atoms with Crippen LogP contribution in [0, 0.1) is 0 Å². The number of esters is 1. The normalized spacial score (nSPS) is 19.1. The lowest BCUT2D eigenvalue weighted by atomic mass is 10.0. The number of nitrogens with zero attached hydrogens (tertiary/aromatic N) is 5. The molecule has 0 radical (unpaired) electrons. The average molecular weight is 347 g/mol. The average Bonchev–Trinajstić information content (AvgIpc) is 3.19. The zero-order valence-corrected chi connectivity index (χ0v) is 15.0. The number of aromatic nitrogens is 4. The van der Waals surface area contributed by atoms with Crippen LogP contribution in [-0.2, 0) is 22.6 Å². The van der Waals surface area contributed by atoms with Crippen LogP contribution in [0.25, 0.3) is 0 Å². The van der Waals surface area contributed by atoms with Crippen LogP contribution in [-0.4, -0.2) is 49.2 Å². The summed E-state index contributed by atoms with van der Waals surface area (Å²) in [5.41, 5.74) is 1.15. The molecule has 0 bridgehead atoms. The van der Waals surface area contributed by atoms with Gasteiger partial charge in [0.05, 0.1) is 18.4 Å². The molecule has 0 aliphatic carbocycles. The number of carbonyl (C=O) groups is 1. The van der Waals surface area contributed by atoms with Gasteiger partial charge in [-0.05, 0) is 40.2 Å². The van der Waals surface area contributed by atoms with Gasteiger partial charge in [0.25, 0.3) is 0 Å². The Balaban J connectivity index is 1.63. The standard InChI is InChI=1S/C17H25N5O3/c1-17(2,3)25-16(23)15-6-4-5-8-21(15)10-14-12-22(20-18-14)11-13-7-9-24-19-13/h7,9,12,15H,4-6,8,10-11H2,1-3H3/t15-/m1/s1. The molecule has 0 unspecified atom stereocenters. The first-order valence-electron chi connectivity index (χ1n) is 8.66. The fourth-order valence-corrected chi connectivity index (χ4v) is 3.00. The van der Waals surface area contributed by atoms with E-state index in [0.29, 0.717) is 13.1 Å². The zero-order valence-electron chi connectivity index (χ0n) is 15.0. The molecule has 0 spiro atoms. The van der Waals surface area contributed by atoms with Crippen molar-refractivity contribution in [2.45, 2.75) is 64.8 Å². The first-order chi connectivity index (χ1) is 11.9. The summed E-state index contributed by atoms with van der Waals surface area (Å²) < 4.78 is 12.1. The van der Waals surface area contributed by atoms with Crippen molar-refractivity contribution in [1.82, 2.24) is 25.1 Å². The lowest BCUT2D eigenvalue weighted by molar-refractivity contribution is -0.163. The number of rotatable bonds is 5. The summed E-state index contributed by atoms with van der Waals surface area (Å²) in [5.74, 6) is -0.151. The highest BCUT2D eigenvalue weighted by Crippen LogP contribution is 2.22. The number of hydrogen-bond acceptors (Lipinski definition) is 7. The Morgan fingerprint density at radius 1 is 1.32 bits per heavy atom. The van der Waals surface area contributed by atoms with Crippen LogP contribution in [0.3, 0.4) is 0 Å². The quantitative estimate of drug-likeness (QED) is 0.765. The van der Waals surface area contributed by atoms with Crippen LogP contribution in [0.5, 0.6) is 0 Å². The Morgan fingerprint density at radius 3 is 2.88 bits per heavy atom. The molecule has 25 heavy (non-hydrogen) atoms. The van der Waals surface area contributed by atoms with Crippen LogP contribution in [0.1, 0.15) is 51.4 Å². The number of piperidine rings is 1. The molecule has 136 valence electrons. The number of carbonyl (C=O) groups excluding carboxylic acids is 1. The first-order valence-corrected chi connectivity index (χ1v) is 8.66. The smallest absolute Gasteiger partial charge is 0.323 e. The summed E-state index contributed by atoms with van der Waals surface area (Å²) >= 11 is 0. The third-order valence-corrected chi connectivity index (χ3v) is 4.06. The lowest BCUT2D eigenvalue weighted by Gasteiger charge is -2.35. The Kier molecular flexibility index (Phi) is 5.17. The molecule has 0 saturated carbocycles. The van der Waals surface area contributed by atoms with Crippen LogP contribution in [0.15, 0.2) is 23.0 Å². The van der Waals surface area contributed by atoms with Crippen molar-refractivity contribution < 1.29 is 14.1 Å². The van der Waals surface area contributed by atoms with Crippen molar-refractivity contribution in [3.63, 3.8) is 0 Å². The molecule has 3 rings (SSSR count). The van der Waals surface area contributed by atoms with Gasteiger partial charge in [-0.25, -0.2) is 4.68 Å². The van der Waals surface area contributed by atoms with Crippen molar-refractivity contribution in [1.29, 1.82) is 0 Å². The second-order valence-corrected chi connectivity index (χ2v) is 7.41. The highest BCUT2D eigenvalue weighted by Gasteiger charge is 2.32. The van der Waals surface area contributed by atoms with E-state index < -0.39 is 5.60 Å². The molecular weight excluding hydrogens is 322 g/mol. The Labute approximate surface area is 147 Å². The zero-order chi connectivity index (χ0) is 17.9. The second-order valence-electron chi connectivity index (χ2n) is 7.41. The van der Waals surface area contributed by atoms with Crippen molar-refractivity contribution in [2.75, 3.05) is 6.54 Å². The lowest BCUT2D eigenvalue weighted by Crippen LogP contribution is -2.46. The summed E-state index contributed by atoms with van der Waals surface area (Å²) in [7, 11) is 0. The minimum atomic E-state index is -0.471. The topological polar surface area (TPSA) is 86.3 Å². The Hall–Kier alpha value is -2.22. The minimum Gasteiger partial charge on any atom is -0.459 e. The van der Waals surface area contributed by atoms with E-state index in [1.165, 1.54) is 6.26 Å². The van der Waals surface area contributed by atoms with Crippen molar-refractivity contribution >= 4 is 5.97 Å². The van der Waals surface area contributed by atoms with Crippen LogP contribution < -0.4 is 0 Å².